The van der Waals surface area contributed by atoms with Crippen molar-refractivity contribution in [3.05, 3.63) is 48.4 Å². The molecule has 0 N–H and O–H groups in total. The fourth-order valence-corrected chi connectivity index (χ4v) is 2.34. The Morgan fingerprint density at radius 1 is 0.920 bits per heavy atom. The molecule has 0 saturated carbocycles. The van der Waals surface area contributed by atoms with Crippen LogP contribution in [0.1, 0.15) is 5.82 Å². The molecule has 0 aliphatic carbocycles. The molecule has 0 fully saturated rings. The zero-order chi connectivity index (χ0) is 18.2. The smallest absolute Gasteiger partial charge is 0.406 e. The molecule has 0 unspecified atom stereocenters. The Bertz CT molecular complexity index is 892. The Balaban J connectivity index is 1.98. The minimum absolute atomic E-state index is 0.195. The maximum absolute atomic E-state index is 13.8. The molecule has 0 amide bonds. The van der Waals surface area contributed by atoms with Crippen LogP contribution in [0.3, 0.4) is 0 Å². The number of halogens is 6. The largest absolute Gasteiger partial charge is 0.573 e. The third kappa shape index (κ3) is 3.65. The van der Waals surface area contributed by atoms with Crippen LogP contribution >= 0.6 is 11.6 Å². The highest BCUT2D eigenvalue weighted by atomic mass is 35.5. The molecule has 0 aliphatic heterocycles. The number of pyridine rings is 1. The first-order valence-corrected chi connectivity index (χ1v) is 7.38. The molecular weight excluding hydrogens is 369 g/mol. The van der Waals surface area contributed by atoms with E-state index in [1.807, 2.05) is 0 Å². The predicted molar refractivity (Wildman–Crippen MR) is 79.7 cm³/mol. The van der Waals surface area contributed by atoms with Gasteiger partial charge >= 0.3 is 12.3 Å². The zero-order valence-corrected chi connectivity index (χ0v) is 13.0. The van der Waals surface area contributed by atoms with Gasteiger partial charge in [0.1, 0.15) is 5.75 Å². The van der Waals surface area contributed by atoms with E-state index in [9.17, 15) is 22.0 Å². The summed E-state index contributed by atoms with van der Waals surface area (Å²) in [4.78, 5) is 0. The highest BCUT2D eigenvalue weighted by Gasteiger charge is 2.36. The quantitative estimate of drug-likeness (QED) is 0.492. The van der Waals surface area contributed by atoms with Crippen LogP contribution in [0.25, 0.3) is 16.8 Å². The van der Waals surface area contributed by atoms with Crippen molar-refractivity contribution in [2.45, 2.75) is 12.3 Å². The summed E-state index contributed by atoms with van der Waals surface area (Å²) in [7, 11) is 0. The highest BCUT2D eigenvalue weighted by molar-refractivity contribution is 6.18. The number of hydrogen-bond acceptors (Lipinski definition) is 3. The molecule has 4 nitrogen and oxygen atoms in total. The molecule has 2 aromatic heterocycles. The number of aromatic nitrogens is 3. The lowest BCUT2D eigenvalue weighted by Gasteiger charge is -2.12. The summed E-state index contributed by atoms with van der Waals surface area (Å²) >= 11 is 5.28. The Labute approximate surface area is 142 Å². The second-order valence-electron chi connectivity index (χ2n) is 5.08. The molecule has 0 aliphatic rings. The maximum atomic E-state index is 13.8. The van der Waals surface area contributed by atoms with Gasteiger partial charge in [-0.25, -0.2) is 0 Å². The van der Waals surface area contributed by atoms with E-state index in [4.69, 9.17) is 11.6 Å². The Hall–Kier alpha value is -2.42. The molecule has 0 spiro atoms. The Kier molecular flexibility index (Phi) is 4.28. The van der Waals surface area contributed by atoms with Gasteiger partial charge in [0, 0.05) is 6.20 Å². The molecule has 0 radical (unpaired) electrons. The van der Waals surface area contributed by atoms with E-state index < -0.39 is 24.0 Å². The fourth-order valence-electron chi connectivity index (χ4n) is 2.22. The standard InChI is InChI=1S/C15H9ClF5N3O/c16-8-14(17,18)13-23-22-12-6-3-10(7-24(12)13)9-1-4-11(5-2-9)25-15(19,20)21/h1-7H,8H2. The third-order valence-corrected chi connectivity index (χ3v) is 3.65. The zero-order valence-electron chi connectivity index (χ0n) is 12.3. The van der Waals surface area contributed by atoms with Crippen molar-refractivity contribution >= 4 is 17.2 Å². The minimum atomic E-state index is -4.79. The van der Waals surface area contributed by atoms with E-state index in [0.29, 0.717) is 11.1 Å². The fraction of sp³-hybridized carbons (Fsp3) is 0.200. The van der Waals surface area contributed by atoms with Crippen LogP contribution in [0.4, 0.5) is 22.0 Å². The van der Waals surface area contributed by atoms with Crippen molar-refractivity contribution in [1.82, 2.24) is 14.6 Å². The van der Waals surface area contributed by atoms with Crippen molar-refractivity contribution < 1.29 is 26.7 Å². The van der Waals surface area contributed by atoms with E-state index in [1.54, 1.807) is 6.07 Å². The maximum Gasteiger partial charge on any atom is 0.573 e. The first kappa shape index (κ1) is 17.4. The van der Waals surface area contributed by atoms with Crippen molar-refractivity contribution in [3.8, 4) is 16.9 Å². The summed E-state index contributed by atoms with van der Waals surface area (Å²) < 4.78 is 69.0. The van der Waals surface area contributed by atoms with Gasteiger partial charge in [-0.3, -0.25) is 4.40 Å². The number of ether oxygens (including phenoxy) is 1. The average Bonchev–Trinajstić information content (AvgIpc) is 2.98. The van der Waals surface area contributed by atoms with Crippen molar-refractivity contribution in [1.29, 1.82) is 0 Å². The van der Waals surface area contributed by atoms with Gasteiger partial charge in [-0.15, -0.1) is 35.0 Å². The lowest BCUT2D eigenvalue weighted by Crippen LogP contribution is -2.19. The molecule has 10 heteroatoms. The van der Waals surface area contributed by atoms with E-state index in [-0.39, 0.29) is 11.4 Å². The molecule has 25 heavy (non-hydrogen) atoms. The SMILES string of the molecule is FC(F)(F)Oc1ccc(-c2ccc3nnc(C(F)(F)CCl)n3c2)cc1. The van der Waals surface area contributed by atoms with Crippen molar-refractivity contribution in [3.63, 3.8) is 0 Å². The van der Waals surface area contributed by atoms with Gasteiger partial charge in [0.15, 0.2) is 5.65 Å². The van der Waals surface area contributed by atoms with Crippen LogP contribution in [0, 0.1) is 0 Å². The van der Waals surface area contributed by atoms with Gasteiger partial charge < -0.3 is 4.74 Å². The summed E-state index contributed by atoms with van der Waals surface area (Å²) in [6, 6.07) is 8.08. The predicted octanol–water partition coefficient (Wildman–Crippen LogP) is 4.63. The second kappa shape index (κ2) is 6.14. The van der Waals surface area contributed by atoms with Gasteiger partial charge in [-0.05, 0) is 35.4 Å². The first-order chi connectivity index (χ1) is 11.7. The van der Waals surface area contributed by atoms with Gasteiger partial charge in [0.05, 0.1) is 5.88 Å². The number of rotatable bonds is 4. The lowest BCUT2D eigenvalue weighted by atomic mass is 10.1. The molecule has 3 rings (SSSR count). The van der Waals surface area contributed by atoms with Crippen LogP contribution < -0.4 is 4.74 Å². The number of alkyl halides is 6. The topological polar surface area (TPSA) is 39.4 Å². The van der Waals surface area contributed by atoms with Crippen LogP contribution in [0.15, 0.2) is 42.6 Å². The normalized spacial score (nSPS) is 12.6. The van der Waals surface area contributed by atoms with Crippen LogP contribution in [0.2, 0.25) is 0 Å². The molecule has 0 atom stereocenters. The van der Waals surface area contributed by atoms with Crippen LogP contribution in [-0.2, 0) is 5.92 Å². The van der Waals surface area contributed by atoms with Gasteiger partial charge in [0.25, 0.3) is 0 Å². The molecular formula is C15H9ClF5N3O. The molecule has 3 aromatic rings. The molecule has 2 heterocycles. The van der Waals surface area contributed by atoms with Crippen LogP contribution in [0.5, 0.6) is 5.75 Å². The van der Waals surface area contributed by atoms with Crippen molar-refractivity contribution in [2.24, 2.45) is 0 Å². The summed E-state index contributed by atoms with van der Waals surface area (Å²) in [6.45, 7) is 0. The van der Waals surface area contributed by atoms with Gasteiger partial charge in [-0.2, -0.15) is 8.78 Å². The number of benzene rings is 1. The number of hydrogen-bond donors (Lipinski definition) is 0. The molecule has 0 bridgehead atoms. The van der Waals surface area contributed by atoms with E-state index in [1.165, 1.54) is 24.4 Å². The monoisotopic (exact) mass is 377 g/mol. The van der Waals surface area contributed by atoms with Crippen molar-refractivity contribution in [2.75, 3.05) is 5.88 Å². The number of nitrogens with zero attached hydrogens (tertiary/aromatic N) is 3. The molecule has 132 valence electrons. The summed E-state index contributed by atoms with van der Waals surface area (Å²) in [5.41, 5.74) is 1.18. The van der Waals surface area contributed by atoms with E-state index in [2.05, 4.69) is 14.9 Å². The van der Waals surface area contributed by atoms with E-state index in [0.717, 1.165) is 16.5 Å². The molecule has 1 aromatic carbocycles. The molecule has 0 saturated heterocycles. The average molecular weight is 378 g/mol. The summed E-state index contributed by atoms with van der Waals surface area (Å²) in [6.07, 6.45) is -3.42. The van der Waals surface area contributed by atoms with Gasteiger partial charge in [0.2, 0.25) is 5.82 Å². The summed E-state index contributed by atoms with van der Waals surface area (Å²) in [5, 5.41) is 7.11. The second-order valence-corrected chi connectivity index (χ2v) is 5.35. The van der Waals surface area contributed by atoms with Crippen LogP contribution in [-0.4, -0.2) is 26.8 Å². The Morgan fingerprint density at radius 3 is 2.16 bits per heavy atom. The summed E-state index contributed by atoms with van der Waals surface area (Å²) in [5.74, 6) is -5.32. The van der Waals surface area contributed by atoms with Gasteiger partial charge in [-0.1, -0.05) is 12.1 Å². The van der Waals surface area contributed by atoms with E-state index >= 15 is 0 Å². The first-order valence-electron chi connectivity index (χ1n) is 6.85. The highest BCUT2D eigenvalue weighted by Crippen LogP contribution is 2.30. The number of fused-ring (bicyclic) bond motifs is 1. The lowest BCUT2D eigenvalue weighted by molar-refractivity contribution is -0.274. The minimum Gasteiger partial charge on any atom is -0.406 e. The Morgan fingerprint density at radius 2 is 1.56 bits per heavy atom. The third-order valence-electron chi connectivity index (χ3n) is 3.32.